The fraction of sp³-hybridized carbons (Fsp3) is 0.364. The Morgan fingerprint density at radius 1 is 1.42 bits per heavy atom. The smallest absolute Gasteiger partial charge is 0.0528 e. The second kappa shape index (κ2) is 4.27. The van der Waals surface area contributed by atoms with E-state index in [2.05, 4.69) is 19.9 Å². The Morgan fingerprint density at radius 2 is 2.08 bits per heavy atom. The van der Waals surface area contributed by atoms with Gasteiger partial charge in [0.2, 0.25) is 0 Å². The van der Waals surface area contributed by atoms with Crippen LogP contribution in [0, 0.1) is 6.92 Å². The van der Waals surface area contributed by atoms with Crippen LogP contribution in [0.2, 0.25) is 0 Å². The van der Waals surface area contributed by atoms with Crippen LogP contribution >= 0.6 is 0 Å². The molecule has 0 heterocycles. The van der Waals surface area contributed by atoms with Crippen molar-refractivity contribution in [2.45, 2.75) is 12.8 Å². The van der Waals surface area contributed by atoms with Crippen LogP contribution in [-0.4, -0.2) is 13.7 Å². The third-order valence-corrected chi connectivity index (χ3v) is 2.00. The normalized spacial score (nSPS) is 12.9. The number of hydrogen-bond acceptors (Lipinski definition) is 1. The van der Waals surface area contributed by atoms with Gasteiger partial charge in [0.1, 0.15) is 0 Å². The summed E-state index contributed by atoms with van der Waals surface area (Å²) in [6, 6.07) is 8.18. The molecule has 1 radical (unpaired) electrons. The Morgan fingerprint density at radius 3 is 2.67 bits per heavy atom. The summed E-state index contributed by atoms with van der Waals surface area (Å²) in [5.74, 6) is 0.434. The molecule has 0 aliphatic carbocycles. The summed E-state index contributed by atoms with van der Waals surface area (Å²) >= 11 is 0. The van der Waals surface area contributed by atoms with E-state index < -0.39 is 0 Å². The monoisotopic (exact) mass is 163 g/mol. The quantitative estimate of drug-likeness (QED) is 0.665. The zero-order valence-corrected chi connectivity index (χ0v) is 7.71. The van der Waals surface area contributed by atoms with Gasteiger partial charge in [-0.05, 0) is 18.1 Å². The number of benzene rings is 1. The molecule has 1 nitrogen and oxygen atoms in total. The van der Waals surface area contributed by atoms with Crippen molar-refractivity contribution in [3.63, 3.8) is 0 Å². The van der Waals surface area contributed by atoms with E-state index in [9.17, 15) is 0 Å². The first kappa shape index (κ1) is 9.27. The second-order valence-electron chi connectivity index (χ2n) is 3.06. The maximum absolute atomic E-state index is 5.09. The third kappa shape index (κ3) is 2.08. The van der Waals surface area contributed by atoms with Gasteiger partial charge in [0.05, 0.1) is 6.61 Å². The number of ether oxygens (including phenoxy) is 1. The first-order valence-electron chi connectivity index (χ1n) is 4.15. The molecule has 1 aromatic rings. The van der Waals surface area contributed by atoms with E-state index in [4.69, 9.17) is 4.74 Å². The molecule has 0 spiro atoms. The zero-order valence-electron chi connectivity index (χ0n) is 7.71. The van der Waals surface area contributed by atoms with Crippen molar-refractivity contribution in [2.75, 3.05) is 13.7 Å². The Kier molecular flexibility index (Phi) is 3.30. The van der Waals surface area contributed by atoms with Crippen LogP contribution in [-0.2, 0) is 4.74 Å². The molecule has 0 aliphatic rings. The second-order valence-corrected chi connectivity index (χ2v) is 3.06. The molecule has 1 atom stereocenters. The average molecular weight is 163 g/mol. The van der Waals surface area contributed by atoms with E-state index in [1.807, 2.05) is 18.2 Å². The third-order valence-electron chi connectivity index (χ3n) is 2.00. The largest absolute Gasteiger partial charge is 0.384 e. The number of methoxy groups -OCH3 is 1. The maximum Gasteiger partial charge on any atom is 0.0528 e. The molecule has 12 heavy (non-hydrogen) atoms. The van der Waals surface area contributed by atoms with Gasteiger partial charge in [-0.15, -0.1) is 0 Å². The van der Waals surface area contributed by atoms with Crippen LogP contribution in [0.5, 0.6) is 0 Å². The van der Waals surface area contributed by atoms with Crippen LogP contribution < -0.4 is 0 Å². The fourth-order valence-electron chi connectivity index (χ4n) is 1.35. The van der Waals surface area contributed by atoms with Crippen molar-refractivity contribution in [2.24, 2.45) is 0 Å². The van der Waals surface area contributed by atoms with Gasteiger partial charge in [0.25, 0.3) is 0 Å². The summed E-state index contributed by atoms with van der Waals surface area (Å²) in [5.41, 5.74) is 2.38. The summed E-state index contributed by atoms with van der Waals surface area (Å²) in [6.45, 7) is 6.87. The van der Waals surface area contributed by atoms with Gasteiger partial charge in [-0.25, -0.2) is 0 Å². The lowest BCUT2D eigenvalue weighted by molar-refractivity contribution is 0.184. The van der Waals surface area contributed by atoms with Gasteiger partial charge in [-0.3, -0.25) is 0 Å². The van der Waals surface area contributed by atoms with Gasteiger partial charge >= 0.3 is 0 Å². The molecule has 0 N–H and O–H groups in total. The molecule has 1 unspecified atom stereocenters. The van der Waals surface area contributed by atoms with Crippen molar-refractivity contribution in [1.82, 2.24) is 0 Å². The highest BCUT2D eigenvalue weighted by atomic mass is 16.5. The molecule has 1 aromatic carbocycles. The summed E-state index contributed by atoms with van der Waals surface area (Å²) in [4.78, 5) is 0. The Hall–Kier alpha value is -0.820. The summed E-state index contributed by atoms with van der Waals surface area (Å²) in [6.07, 6.45) is 0. The highest BCUT2D eigenvalue weighted by Crippen LogP contribution is 2.18. The molecule has 0 aliphatic heterocycles. The molecule has 0 saturated heterocycles. The Labute approximate surface area is 74.4 Å². The number of rotatable bonds is 3. The van der Waals surface area contributed by atoms with Crippen molar-refractivity contribution in [3.8, 4) is 0 Å². The molecule has 0 fully saturated rings. The molecule has 0 aromatic heterocycles. The number of hydrogen-bond donors (Lipinski definition) is 0. The minimum atomic E-state index is 0.434. The van der Waals surface area contributed by atoms with E-state index in [0.717, 1.165) is 12.2 Å². The van der Waals surface area contributed by atoms with E-state index in [0.29, 0.717) is 5.92 Å². The molecule has 0 amide bonds. The zero-order chi connectivity index (χ0) is 8.97. The topological polar surface area (TPSA) is 9.23 Å². The standard InChI is InChI=1S/C11H15O/c1-9-6-4-5-7-11(9)10(2)8-12-3/h4-7,10H,1,8H2,2-3H3. The van der Waals surface area contributed by atoms with Crippen LogP contribution in [0.15, 0.2) is 24.3 Å². The SMILES string of the molecule is [CH2]c1ccccc1C(C)COC. The predicted octanol–water partition coefficient (Wildman–Crippen LogP) is 2.62. The molecule has 1 rings (SSSR count). The van der Waals surface area contributed by atoms with E-state index in [-0.39, 0.29) is 0 Å². The molecule has 0 saturated carbocycles. The van der Waals surface area contributed by atoms with E-state index in [1.165, 1.54) is 5.56 Å². The molecule has 65 valence electrons. The predicted molar refractivity (Wildman–Crippen MR) is 51.2 cm³/mol. The lowest BCUT2D eigenvalue weighted by atomic mass is 9.97. The van der Waals surface area contributed by atoms with Crippen molar-refractivity contribution >= 4 is 0 Å². The highest BCUT2D eigenvalue weighted by molar-refractivity contribution is 5.32. The summed E-state index contributed by atoms with van der Waals surface area (Å²) < 4.78 is 5.09. The molecular formula is C11H15O. The van der Waals surface area contributed by atoms with Crippen LogP contribution in [0.25, 0.3) is 0 Å². The van der Waals surface area contributed by atoms with Gasteiger partial charge < -0.3 is 4.74 Å². The van der Waals surface area contributed by atoms with Gasteiger partial charge in [0, 0.05) is 13.0 Å². The lowest BCUT2D eigenvalue weighted by Gasteiger charge is -2.12. The average Bonchev–Trinajstić information content (AvgIpc) is 2.05. The van der Waals surface area contributed by atoms with Crippen molar-refractivity contribution in [1.29, 1.82) is 0 Å². The summed E-state index contributed by atoms with van der Waals surface area (Å²) in [7, 11) is 1.72. The van der Waals surface area contributed by atoms with Gasteiger partial charge in [0.15, 0.2) is 0 Å². The van der Waals surface area contributed by atoms with Crippen LogP contribution in [0.3, 0.4) is 0 Å². The Bertz CT molecular complexity index is 243. The lowest BCUT2D eigenvalue weighted by Crippen LogP contribution is -2.03. The fourth-order valence-corrected chi connectivity index (χ4v) is 1.35. The van der Waals surface area contributed by atoms with E-state index in [1.54, 1.807) is 7.11 Å². The highest BCUT2D eigenvalue weighted by Gasteiger charge is 2.06. The Balaban J connectivity index is 2.79. The van der Waals surface area contributed by atoms with Crippen LogP contribution in [0.1, 0.15) is 24.0 Å². The molecule has 0 bridgehead atoms. The minimum absolute atomic E-state index is 0.434. The van der Waals surface area contributed by atoms with Crippen LogP contribution in [0.4, 0.5) is 0 Å². The first-order chi connectivity index (χ1) is 5.75. The van der Waals surface area contributed by atoms with E-state index >= 15 is 0 Å². The van der Waals surface area contributed by atoms with Crippen molar-refractivity contribution in [3.05, 3.63) is 42.3 Å². The van der Waals surface area contributed by atoms with Crippen molar-refractivity contribution < 1.29 is 4.74 Å². The van der Waals surface area contributed by atoms with Gasteiger partial charge in [-0.1, -0.05) is 31.2 Å². The maximum atomic E-state index is 5.09. The molecule has 1 heteroatoms. The molecular weight excluding hydrogens is 148 g/mol. The first-order valence-corrected chi connectivity index (χ1v) is 4.15. The van der Waals surface area contributed by atoms with Gasteiger partial charge in [-0.2, -0.15) is 0 Å². The summed E-state index contributed by atoms with van der Waals surface area (Å²) in [5, 5.41) is 0. The minimum Gasteiger partial charge on any atom is -0.384 e.